The van der Waals surface area contributed by atoms with Crippen molar-refractivity contribution in [3.8, 4) is 0 Å². The number of non-ortho nitro benzene ring substituents is 1. The minimum atomic E-state index is -0.430. The van der Waals surface area contributed by atoms with Crippen molar-refractivity contribution in [2.24, 2.45) is 0 Å². The average molecular weight is 412 g/mol. The molecule has 0 aliphatic carbocycles. The molecule has 7 nitrogen and oxygen atoms in total. The molecule has 0 fully saturated rings. The first-order valence-corrected chi connectivity index (χ1v) is 9.94. The number of nitro benzene ring substituents is 1. The fourth-order valence-electron chi connectivity index (χ4n) is 3.07. The zero-order valence-electron chi connectivity index (χ0n) is 17.2. The third kappa shape index (κ3) is 7.33. The lowest BCUT2D eigenvalue weighted by Gasteiger charge is -2.30. The van der Waals surface area contributed by atoms with E-state index in [2.05, 4.69) is 6.58 Å². The first kappa shape index (κ1) is 23.1. The largest absolute Gasteiger partial charge is 0.445 e. The van der Waals surface area contributed by atoms with Crippen LogP contribution >= 0.6 is 0 Å². The van der Waals surface area contributed by atoms with Crippen LogP contribution in [0.15, 0.2) is 67.3 Å². The second-order valence-electron chi connectivity index (χ2n) is 6.74. The Morgan fingerprint density at radius 1 is 1.17 bits per heavy atom. The minimum absolute atomic E-state index is 0.0366. The molecular weight excluding hydrogens is 384 g/mol. The topological polar surface area (TPSA) is 81.9 Å². The van der Waals surface area contributed by atoms with Gasteiger partial charge in [-0.2, -0.15) is 0 Å². The number of hydrogen-bond acceptors (Lipinski definition) is 5. The molecule has 0 heterocycles. The Balaban J connectivity index is 2.12. The molecule has 0 radical (unpaired) electrons. The van der Waals surface area contributed by atoms with Crippen molar-refractivity contribution < 1.29 is 19.2 Å². The molecule has 0 bridgehead atoms. The highest BCUT2D eigenvalue weighted by molar-refractivity contribution is 5.68. The normalized spacial score (nSPS) is 11.5. The second kappa shape index (κ2) is 12.4. The number of ether oxygens (including phenoxy) is 2. The zero-order chi connectivity index (χ0) is 21.8. The molecule has 30 heavy (non-hydrogen) atoms. The van der Waals surface area contributed by atoms with E-state index in [9.17, 15) is 14.9 Å². The molecule has 0 saturated heterocycles. The molecule has 0 N–H and O–H groups in total. The molecule has 0 aliphatic heterocycles. The number of nitrogens with zero attached hydrogens (tertiary/aromatic N) is 2. The zero-order valence-corrected chi connectivity index (χ0v) is 17.2. The maximum absolute atomic E-state index is 12.9. The van der Waals surface area contributed by atoms with Crippen molar-refractivity contribution >= 4 is 11.8 Å². The Labute approximate surface area is 177 Å². The lowest BCUT2D eigenvalue weighted by molar-refractivity contribution is -0.384. The average Bonchev–Trinajstić information content (AvgIpc) is 2.76. The van der Waals surface area contributed by atoms with E-state index in [1.807, 2.05) is 37.3 Å². The monoisotopic (exact) mass is 412 g/mol. The van der Waals surface area contributed by atoms with Crippen molar-refractivity contribution in [1.29, 1.82) is 0 Å². The summed E-state index contributed by atoms with van der Waals surface area (Å²) in [5.41, 5.74) is 1.84. The van der Waals surface area contributed by atoms with Crippen molar-refractivity contribution in [3.05, 3.63) is 88.5 Å². The van der Waals surface area contributed by atoms with E-state index in [1.54, 1.807) is 23.1 Å². The van der Waals surface area contributed by atoms with Crippen LogP contribution in [-0.4, -0.2) is 41.7 Å². The van der Waals surface area contributed by atoms with E-state index in [0.29, 0.717) is 32.6 Å². The van der Waals surface area contributed by atoms with Crippen LogP contribution in [0.4, 0.5) is 10.5 Å². The first-order valence-electron chi connectivity index (χ1n) is 9.94. The fraction of sp³-hybridized carbons (Fsp3) is 0.348. The van der Waals surface area contributed by atoms with Crippen molar-refractivity contribution in [1.82, 2.24) is 4.90 Å². The highest BCUT2D eigenvalue weighted by atomic mass is 16.6. The molecule has 2 aromatic rings. The lowest BCUT2D eigenvalue weighted by Crippen LogP contribution is -2.43. The van der Waals surface area contributed by atoms with Crippen LogP contribution in [0.5, 0.6) is 0 Å². The second-order valence-corrected chi connectivity index (χ2v) is 6.74. The summed E-state index contributed by atoms with van der Waals surface area (Å²) in [5.74, 6) is 0. The summed E-state index contributed by atoms with van der Waals surface area (Å²) in [6.45, 7) is 7.23. The molecule has 0 saturated carbocycles. The number of nitro groups is 1. The Bertz CT molecular complexity index is 808. The maximum Gasteiger partial charge on any atom is 0.410 e. The number of amides is 1. The molecule has 1 amide bonds. The highest BCUT2D eigenvalue weighted by Gasteiger charge is 2.24. The van der Waals surface area contributed by atoms with Gasteiger partial charge >= 0.3 is 6.09 Å². The van der Waals surface area contributed by atoms with Crippen LogP contribution in [-0.2, 0) is 22.5 Å². The van der Waals surface area contributed by atoms with E-state index in [-0.39, 0.29) is 18.3 Å². The predicted octanol–water partition coefficient (Wildman–Crippen LogP) is 4.76. The van der Waals surface area contributed by atoms with Crippen LogP contribution in [0.2, 0.25) is 0 Å². The first-order chi connectivity index (χ1) is 14.5. The predicted molar refractivity (Wildman–Crippen MR) is 115 cm³/mol. The summed E-state index contributed by atoms with van der Waals surface area (Å²) in [6.07, 6.45) is 2.42. The molecule has 0 aromatic heterocycles. The lowest BCUT2D eigenvalue weighted by atomic mass is 10.0. The van der Waals surface area contributed by atoms with E-state index in [1.165, 1.54) is 12.1 Å². The molecule has 0 aliphatic rings. The summed E-state index contributed by atoms with van der Waals surface area (Å²) in [5, 5.41) is 10.9. The molecule has 0 spiro atoms. The standard InChI is InChI=1S/C23H28N2O5/c1-3-8-22(17-19-11-13-21(14-12-19)25(27)28)24(15-16-29-4-2)23(26)30-18-20-9-6-5-7-10-20/h3,5-7,9-14,22H,1,4,8,15-18H2,2H3. The SMILES string of the molecule is C=CCC(Cc1ccc([N+](=O)[O-])cc1)N(CCOCC)C(=O)OCc1ccccc1. The molecule has 7 heteroatoms. The van der Waals surface area contributed by atoms with Gasteiger partial charge in [0.05, 0.1) is 11.5 Å². The Hall–Kier alpha value is -3.19. The van der Waals surface area contributed by atoms with Gasteiger partial charge in [-0.25, -0.2) is 4.79 Å². The number of hydrogen-bond donors (Lipinski definition) is 0. The quantitative estimate of drug-likeness (QED) is 0.217. The molecular formula is C23H28N2O5. The van der Waals surface area contributed by atoms with Crippen LogP contribution < -0.4 is 0 Å². The number of carbonyl (C=O) groups is 1. The van der Waals surface area contributed by atoms with E-state index < -0.39 is 11.0 Å². The van der Waals surface area contributed by atoms with Gasteiger partial charge in [0.15, 0.2) is 0 Å². The number of rotatable bonds is 12. The summed E-state index contributed by atoms with van der Waals surface area (Å²) in [4.78, 5) is 25.0. The van der Waals surface area contributed by atoms with Gasteiger partial charge in [-0.1, -0.05) is 48.5 Å². The number of benzene rings is 2. The van der Waals surface area contributed by atoms with Crippen LogP contribution in [0, 0.1) is 10.1 Å². The highest BCUT2D eigenvalue weighted by Crippen LogP contribution is 2.18. The fourth-order valence-corrected chi connectivity index (χ4v) is 3.07. The van der Waals surface area contributed by atoms with Crippen molar-refractivity contribution in [2.45, 2.75) is 32.4 Å². The summed E-state index contributed by atoms with van der Waals surface area (Å²) < 4.78 is 11.0. The van der Waals surface area contributed by atoms with Crippen LogP contribution in [0.1, 0.15) is 24.5 Å². The summed E-state index contributed by atoms with van der Waals surface area (Å²) >= 11 is 0. The van der Waals surface area contributed by atoms with Crippen molar-refractivity contribution in [2.75, 3.05) is 19.8 Å². The smallest absolute Gasteiger partial charge is 0.410 e. The minimum Gasteiger partial charge on any atom is -0.445 e. The molecule has 1 atom stereocenters. The molecule has 1 unspecified atom stereocenters. The maximum atomic E-state index is 12.9. The van der Waals surface area contributed by atoms with Gasteiger partial charge < -0.3 is 14.4 Å². The Morgan fingerprint density at radius 3 is 2.47 bits per heavy atom. The van der Waals surface area contributed by atoms with Gasteiger partial charge in [-0.3, -0.25) is 10.1 Å². The van der Waals surface area contributed by atoms with E-state index in [4.69, 9.17) is 9.47 Å². The molecule has 2 aromatic carbocycles. The molecule has 160 valence electrons. The van der Waals surface area contributed by atoms with E-state index in [0.717, 1.165) is 11.1 Å². The summed E-state index contributed by atoms with van der Waals surface area (Å²) in [6, 6.07) is 15.7. The third-order valence-electron chi connectivity index (χ3n) is 4.62. The Kier molecular flexibility index (Phi) is 9.54. The van der Waals surface area contributed by atoms with Gasteiger partial charge in [0.1, 0.15) is 6.61 Å². The third-order valence-corrected chi connectivity index (χ3v) is 4.62. The van der Waals surface area contributed by atoms with Gasteiger partial charge in [0.25, 0.3) is 5.69 Å². The van der Waals surface area contributed by atoms with Crippen LogP contribution in [0.3, 0.4) is 0 Å². The van der Waals surface area contributed by atoms with Crippen molar-refractivity contribution in [3.63, 3.8) is 0 Å². The van der Waals surface area contributed by atoms with Gasteiger partial charge in [-0.05, 0) is 30.9 Å². The van der Waals surface area contributed by atoms with Gasteiger partial charge in [-0.15, -0.1) is 6.58 Å². The number of carbonyl (C=O) groups excluding carboxylic acids is 1. The van der Waals surface area contributed by atoms with E-state index >= 15 is 0 Å². The summed E-state index contributed by atoms with van der Waals surface area (Å²) in [7, 11) is 0. The van der Waals surface area contributed by atoms with Gasteiger partial charge in [0, 0.05) is 31.3 Å². The Morgan fingerprint density at radius 2 is 1.87 bits per heavy atom. The molecule has 2 rings (SSSR count). The van der Waals surface area contributed by atoms with Gasteiger partial charge in [0.2, 0.25) is 0 Å². The van der Waals surface area contributed by atoms with Crippen LogP contribution in [0.25, 0.3) is 0 Å².